The van der Waals surface area contributed by atoms with Gasteiger partial charge in [0.2, 0.25) is 0 Å². The Morgan fingerprint density at radius 1 is 1.75 bits per heavy atom. The highest BCUT2D eigenvalue weighted by Crippen LogP contribution is 2.17. The Bertz CT molecular complexity index is 76.8. The van der Waals surface area contributed by atoms with Gasteiger partial charge in [0, 0.05) is 36.0 Å². The molecule has 1 heterocycles. The van der Waals surface area contributed by atoms with Crippen LogP contribution in [0.2, 0.25) is 0 Å². The average molecular weight is 226 g/mol. The number of nitrogens with zero attached hydrogens (tertiary/aromatic N) is 1. The maximum absolute atomic E-state index is 5.47. The van der Waals surface area contributed by atoms with Gasteiger partial charge in [-0.15, -0.1) is 0 Å². The molecule has 0 spiro atoms. The van der Waals surface area contributed by atoms with Crippen molar-refractivity contribution in [3.63, 3.8) is 0 Å². The van der Waals surface area contributed by atoms with E-state index in [1.165, 1.54) is 19.5 Å². The third kappa shape index (κ3) is 1.56. The van der Waals surface area contributed by atoms with Crippen molar-refractivity contribution in [1.29, 1.82) is 0 Å². The molecule has 0 bridgehead atoms. The first-order valence-corrected chi connectivity index (χ1v) is 3.90. The van der Waals surface area contributed by atoms with Gasteiger partial charge in [0.15, 0.2) is 0 Å². The lowest BCUT2D eigenvalue weighted by atomic mass is 10.1. The third-order valence-corrected chi connectivity index (χ3v) is 2.45. The van der Waals surface area contributed by atoms with Crippen LogP contribution < -0.4 is 5.73 Å². The summed E-state index contributed by atoms with van der Waals surface area (Å²) in [7, 11) is 0. The first-order valence-electron chi connectivity index (χ1n) is 2.93. The monoisotopic (exact) mass is 226 g/mol. The predicted molar refractivity (Wildman–Crippen MR) is 42.8 cm³/mol. The second-order valence-electron chi connectivity index (χ2n) is 2.26. The SMILES string of the molecule is NCC1CCN(I)C1. The maximum atomic E-state index is 5.47. The van der Waals surface area contributed by atoms with Crippen LogP contribution in [0.3, 0.4) is 0 Å². The minimum Gasteiger partial charge on any atom is -0.330 e. The van der Waals surface area contributed by atoms with Gasteiger partial charge < -0.3 is 5.73 Å². The number of rotatable bonds is 1. The Kier molecular flexibility index (Phi) is 2.52. The summed E-state index contributed by atoms with van der Waals surface area (Å²) in [4.78, 5) is 0. The molecule has 48 valence electrons. The van der Waals surface area contributed by atoms with Crippen molar-refractivity contribution >= 4 is 22.9 Å². The van der Waals surface area contributed by atoms with Crippen molar-refractivity contribution < 1.29 is 0 Å². The summed E-state index contributed by atoms with van der Waals surface area (Å²) in [6.45, 7) is 3.28. The molecule has 0 aromatic heterocycles. The molecule has 8 heavy (non-hydrogen) atoms. The van der Waals surface area contributed by atoms with E-state index in [1.54, 1.807) is 0 Å². The van der Waals surface area contributed by atoms with Crippen LogP contribution in [0, 0.1) is 5.92 Å². The predicted octanol–water partition coefficient (Wildman–Crippen LogP) is 0.617. The summed E-state index contributed by atoms with van der Waals surface area (Å²) in [6, 6.07) is 0. The van der Waals surface area contributed by atoms with E-state index in [9.17, 15) is 0 Å². The van der Waals surface area contributed by atoms with Crippen LogP contribution in [0.4, 0.5) is 0 Å². The molecule has 0 aliphatic carbocycles. The molecule has 1 aliphatic heterocycles. The Balaban J connectivity index is 2.22. The summed E-state index contributed by atoms with van der Waals surface area (Å²) in [5.41, 5.74) is 5.47. The van der Waals surface area contributed by atoms with Crippen molar-refractivity contribution in [2.75, 3.05) is 19.6 Å². The molecule has 0 aromatic carbocycles. The standard InChI is InChI=1S/C5H11IN2/c6-8-2-1-5(3-7)4-8/h5H,1-4,7H2. The van der Waals surface area contributed by atoms with Gasteiger partial charge >= 0.3 is 0 Å². The van der Waals surface area contributed by atoms with Crippen LogP contribution in [0.5, 0.6) is 0 Å². The molecule has 2 N–H and O–H groups in total. The molecule has 1 atom stereocenters. The first kappa shape index (κ1) is 6.77. The molecule has 1 saturated heterocycles. The zero-order chi connectivity index (χ0) is 5.98. The highest BCUT2D eigenvalue weighted by Gasteiger charge is 2.18. The normalized spacial score (nSPS) is 31.5. The fraction of sp³-hybridized carbons (Fsp3) is 1.00. The van der Waals surface area contributed by atoms with E-state index in [1.807, 2.05) is 0 Å². The van der Waals surface area contributed by atoms with Crippen molar-refractivity contribution in [1.82, 2.24) is 3.11 Å². The molecular weight excluding hydrogens is 215 g/mol. The zero-order valence-corrected chi connectivity index (χ0v) is 6.97. The Morgan fingerprint density at radius 2 is 2.50 bits per heavy atom. The van der Waals surface area contributed by atoms with Crippen molar-refractivity contribution in [2.45, 2.75) is 6.42 Å². The molecule has 1 fully saturated rings. The molecule has 0 radical (unpaired) electrons. The summed E-state index contributed by atoms with van der Waals surface area (Å²) < 4.78 is 2.30. The van der Waals surface area contributed by atoms with Gasteiger partial charge in [0.1, 0.15) is 0 Å². The van der Waals surface area contributed by atoms with Crippen LogP contribution in [0.15, 0.2) is 0 Å². The molecule has 0 aromatic rings. The smallest absolute Gasteiger partial charge is 0.0201 e. The molecule has 2 nitrogen and oxygen atoms in total. The number of nitrogens with two attached hydrogens (primary N) is 1. The lowest BCUT2D eigenvalue weighted by Gasteiger charge is -2.03. The van der Waals surface area contributed by atoms with Crippen molar-refractivity contribution in [3.05, 3.63) is 0 Å². The highest BCUT2D eigenvalue weighted by molar-refractivity contribution is 14.1. The van der Waals surface area contributed by atoms with Gasteiger partial charge in [-0.3, -0.25) is 0 Å². The molecule has 0 saturated carbocycles. The molecule has 1 rings (SSSR count). The van der Waals surface area contributed by atoms with Gasteiger partial charge in [-0.25, -0.2) is 3.11 Å². The van der Waals surface area contributed by atoms with E-state index in [0.29, 0.717) is 0 Å². The largest absolute Gasteiger partial charge is 0.330 e. The van der Waals surface area contributed by atoms with Gasteiger partial charge in [-0.2, -0.15) is 0 Å². The lowest BCUT2D eigenvalue weighted by Crippen LogP contribution is -2.15. The van der Waals surface area contributed by atoms with Gasteiger partial charge in [0.25, 0.3) is 0 Å². The van der Waals surface area contributed by atoms with Crippen LogP contribution in [0.25, 0.3) is 0 Å². The molecular formula is C5H11IN2. The number of halogens is 1. The van der Waals surface area contributed by atoms with E-state index in [4.69, 9.17) is 5.73 Å². The molecule has 1 aliphatic rings. The third-order valence-electron chi connectivity index (χ3n) is 1.57. The zero-order valence-electron chi connectivity index (χ0n) is 4.81. The summed E-state index contributed by atoms with van der Waals surface area (Å²) in [5, 5.41) is 0. The van der Waals surface area contributed by atoms with Crippen LogP contribution in [-0.4, -0.2) is 22.7 Å². The number of hydrogen-bond acceptors (Lipinski definition) is 2. The Labute approximate surface area is 63.9 Å². The molecule has 0 amide bonds. The van der Waals surface area contributed by atoms with Gasteiger partial charge in [-0.1, -0.05) is 0 Å². The minimum absolute atomic E-state index is 0.770. The van der Waals surface area contributed by atoms with E-state index in [-0.39, 0.29) is 0 Å². The number of hydrogen-bond donors (Lipinski definition) is 1. The van der Waals surface area contributed by atoms with Crippen LogP contribution in [0.1, 0.15) is 6.42 Å². The molecule has 1 unspecified atom stereocenters. The Hall–Kier alpha value is 0.650. The van der Waals surface area contributed by atoms with E-state index < -0.39 is 0 Å². The maximum Gasteiger partial charge on any atom is 0.0201 e. The van der Waals surface area contributed by atoms with Crippen LogP contribution in [-0.2, 0) is 0 Å². The quantitative estimate of drug-likeness (QED) is 0.524. The van der Waals surface area contributed by atoms with Gasteiger partial charge in [0.05, 0.1) is 0 Å². The first-order chi connectivity index (χ1) is 3.83. The Morgan fingerprint density at radius 3 is 2.75 bits per heavy atom. The van der Waals surface area contributed by atoms with Crippen molar-refractivity contribution in [3.8, 4) is 0 Å². The van der Waals surface area contributed by atoms with Crippen molar-refractivity contribution in [2.24, 2.45) is 11.7 Å². The summed E-state index contributed by atoms with van der Waals surface area (Å²) in [6.07, 6.45) is 1.29. The summed E-state index contributed by atoms with van der Waals surface area (Å²) >= 11 is 2.35. The van der Waals surface area contributed by atoms with E-state index in [0.717, 1.165) is 12.5 Å². The summed E-state index contributed by atoms with van der Waals surface area (Å²) in [5.74, 6) is 0.770. The minimum atomic E-state index is 0.770. The second-order valence-corrected chi connectivity index (χ2v) is 3.62. The molecule has 3 heteroatoms. The van der Waals surface area contributed by atoms with Crippen LogP contribution >= 0.6 is 22.9 Å². The van der Waals surface area contributed by atoms with E-state index in [2.05, 4.69) is 26.0 Å². The van der Waals surface area contributed by atoms with E-state index >= 15 is 0 Å². The average Bonchev–Trinajstić information content (AvgIpc) is 2.14. The highest BCUT2D eigenvalue weighted by atomic mass is 127. The second kappa shape index (κ2) is 2.98. The fourth-order valence-electron chi connectivity index (χ4n) is 0.978. The topological polar surface area (TPSA) is 29.3 Å². The fourth-order valence-corrected chi connectivity index (χ4v) is 1.81. The lowest BCUT2D eigenvalue weighted by molar-refractivity contribution is 0.554. The van der Waals surface area contributed by atoms with Gasteiger partial charge in [-0.05, 0) is 18.9 Å².